The quantitative estimate of drug-likeness (QED) is 0.0665. The van der Waals surface area contributed by atoms with Crippen LogP contribution in [0.3, 0.4) is 0 Å². The number of hydrogen-bond donors (Lipinski definition) is 14. The minimum absolute atomic E-state index is 0. The van der Waals surface area contributed by atoms with Gasteiger partial charge in [0.15, 0.2) is 0 Å². The van der Waals surface area contributed by atoms with Crippen LogP contribution in [0, 0.1) is 20.2 Å². The summed E-state index contributed by atoms with van der Waals surface area (Å²) in [6.45, 7) is 0. The predicted molar refractivity (Wildman–Crippen MR) is 118 cm³/mol. The summed E-state index contributed by atoms with van der Waals surface area (Å²) in [5, 5.41) is 68.0. The normalized spacial score (nSPS) is 19.8. The molecular weight excluding hydrogens is 603 g/mol. The Hall–Kier alpha value is -2.26. The molecule has 0 aromatic heterocycles. The zero-order chi connectivity index (χ0) is 28.9. The van der Waals surface area contributed by atoms with Crippen LogP contribution in [0.15, 0.2) is 9.98 Å². The predicted octanol–water partition coefficient (Wildman–Crippen LogP) is -6.74. The number of nitrogens with two attached hydrogens (primary N) is 6. The first-order valence-electron chi connectivity index (χ1n) is 7.91. The second kappa shape index (κ2) is 42.9. The van der Waals surface area contributed by atoms with E-state index in [1.807, 2.05) is 0 Å². The summed E-state index contributed by atoms with van der Waals surface area (Å²) in [4.78, 5) is 23.8. The third kappa shape index (κ3) is 63.5. The van der Waals surface area contributed by atoms with Gasteiger partial charge in [0, 0.05) is 34.4 Å². The van der Waals surface area contributed by atoms with Crippen molar-refractivity contribution < 1.29 is 75.2 Å². The van der Waals surface area contributed by atoms with Crippen molar-refractivity contribution in [3.8, 4) is 0 Å². The number of aliphatic imine (C=N–C) groups is 2. The smallest absolute Gasteiger partial charge is 0.607 e. The van der Waals surface area contributed by atoms with E-state index in [-0.39, 0.29) is 52.3 Å². The molecule has 0 aromatic rings. The molecule has 0 bridgehead atoms. The molecule has 0 amide bonds. The molecule has 0 spiro atoms. The zero-order valence-corrected chi connectivity index (χ0v) is 21.3. The largest absolute Gasteiger partial charge is 1.00 e. The van der Waals surface area contributed by atoms with E-state index in [0.717, 1.165) is 28.4 Å². The molecule has 26 heteroatoms. The SMILES string of the molecule is CO.CO.CO.CO.NC1=NC(N)[N-]C(N)=N1.NC1[N-]C(N)NC(N)N1.O=[N+]([O-])O.O=[N+]([O-])O.[Cu+].[Cu+]. The van der Waals surface area contributed by atoms with E-state index in [0.29, 0.717) is 0 Å². The number of aliphatic hydroxyl groups excluding tert-OH is 4. The Labute approximate surface area is 226 Å². The summed E-state index contributed by atoms with van der Waals surface area (Å²) in [5.41, 5.74) is 31.6. The van der Waals surface area contributed by atoms with Crippen molar-refractivity contribution >= 4 is 11.9 Å². The van der Waals surface area contributed by atoms with Crippen molar-refractivity contribution in [2.45, 2.75) is 25.2 Å². The van der Waals surface area contributed by atoms with Crippen LogP contribution in [0.25, 0.3) is 10.6 Å². The van der Waals surface area contributed by atoms with E-state index >= 15 is 0 Å². The van der Waals surface area contributed by atoms with Gasteiger partial charge in [-0.2, -0.15) is 0 Å². The molecule has 0 radical (unpaired) electrons. The average Bonchev–Trinajstić information content (AvgIpc) is 2.71. The molecule has 0 aliphatic carbocycles. The van der Waals surface area contributed by atoms with Gasteiger partial charge in [-0.25, -0.2) is 4.99 Å². The van der Waals surface area contributed by atoms with E-state index in [2.05, 4.69) is 31.3 Å². The molecule has 3 atom stereocenters. The van der Waals surface area contributed by atoms with Crippen LogP contribution in [0.4, 0.5) is 0 Å². The summed E-state index contributed by atoms with van der Waals surface area (Å²) in [6.07, 6.45) is -1.93. The Bertz CT molecular complexity index is 480. The number of hydrogen-bond acceptors (Lipinski definition) is 18. The van der Waals surface area contributed by atoms with E-state index in [9.17, 15) is 0 Å². The van der Waals surface area contributed by atoms with E-state index < -0.39 is 29.0 Å². The molecule has 2 rings (SSSR count). The first-order valence-corrected chi connectivity index (χ1v) is 7.91. The second-order valence-electron chi connectivity index (χ2n) is 3.83. The van der Waals surface area contributed by atoms with Gasteiger partial charge in [0.1, 0.15) is 18.5 Å². The van der Waals surface area contributed by atoms with E-state index in [1.165, 1.54) is 0 Å². The molecule has 228 valence electrons. The van der Waals surface area contributed by atoms with E-state index in [1.54, 1.807) is 0 Å². The van der Waals surface area contributed by atoms with Crippen LogP contribution in [0.1, 0.15) is 0 Å². The van der Waals surface area contributed by atoms with Crippen LogP contribution >= 0.6 is 0 Å². The number of nitrogens with one attached hydrogen (secondary N) is 2. The van der Waals surface area contributed by atoms with Crippen LogP contribution < -0.4 is 45.0 Å². The van der Waals surface area contributed by atoms with Crippen molar-refractivity contribution in [2.24, 2.45) is 44.4 Å². The maximum atomic E-state index is 8.36. The maximum absolute atomic E-state index is 8.36. The van der Waals surface area contributed by atoms with Gasteiger partial charge in [-0.05, 0) is 12.6 Å². The van der Waals surface area contributed by atoms with E-state index in [4.69, 9.17) is 85.5 Å². The van der Waals surface area contributed by atoms with Crippen molar-refractivity contribution in [3.63, 3.8) is 0 Å². The molecule has 24 nitrogen and oxygen atoms in total. The molecule has 0 aromatic carbocycles. The number of guanidine groups is 2. The first-order chi connectivity index (χ1) is 15.8. The average molecular weight is 640 g/mol. The Morgan fingerprint density at radius 3 is 1.28 bits per heavy atom. The Kier molecular flexibility index (Phi) is 65.0. The van der Waals surface area contributed by atoms with Crippen molar-refractivity contribution in [2.75, 3.05) is 28.4 Å². The van der Waals surface area contributed by atoms with Gasteiger partial charge in [-0.15, -0.1) is 20.2 Å². The minimum Gasteiger partial charge on any atom is -0.607 e. The number of nitrogens with zero attached hydrogens (tertiary/aromatic N) is 6. The van der Waals surface area contributed by atoms with Crippen LogP contribution in [0.5, 0.6) is 0 Å². The van der Waals surface area contributed by atoms with Gasteiger partial charge >= 0.3 is 34.1 Å². The number of aliphatic hydroxyl groups is 4. The minimum atomic E-state index is -1.50. The molecule has 2 heterocycles. The molecule has 36 heavy (non-hydrogen) atoms. The molecule has 1 fully saturated rings. The second-order valence-corrected chi connectivity index (χ2v) is 3.83. The molecule has 2 aliphatic heterocycles. The monoisotopic (exact) mass is 638 g/mol. The summed E-state index contributed by atoms with van der Waals surface area (Å²) >= 11 is 0. The van der Waals surface area contributed by atoms with Crippen LogP contribution in [-0.2, 0) is 34.1 Å². The third-order valence-electron chi connectivity index (χ3n) is 1.78. The Morgan fingerprint density at radius 1 is 0.806 bits per heavy atom. The standard InChI is InChI=1S/C3H11N6.C3H7N6.4CH4O.2Cu.2HNO3/c2*4-1-7-2(5)9-3(6)8-1;4*1-2;;;2*2-1(3)4/h1-3,7-8H,4-6H2;1H,4H2,(H4-,5,6,7,8,9);4*2H,1H3;;;2*(H,2,3,4)/q2*-1;;;;;2*+1;;. The van der Waals surface area contributed by atoms with Gasteiger partial charge < -0.3 is 80.9 Å². The van der Waals surface area contributed by atoms with Crippen molar-refractivity contribution in [3.05, 3.63) is 30.9 Å². The summed E-state index contributed by atoms with van der Waals surface area (Å²) in [6, 6.07) is 0. The van der Waals surface area contributed by atoms with Gasteiger partial charge in [0.05, 0.1) is 0 Å². The van der Waals surface area contributed by atoms with Gasteiger partial charge in [0.2, 0.25) is 0 Å². The van der Waals surface area contributed by atoms with Gasteiger partial charge in [-0.3, -0.25) is 10.6 Å². The molecule has 3 unspecified atom stereocenters. The summed E-state index contributed by atoms with van der Waals surface area (Å²) in [5.74, 6) is 0.157. The Balaban J connectivity index is -0.0000000454. The van der Waals surface area contributed by atoms with Gasteiger partial charge in [0.25, 0.3) is 10.2 Å². The number of rotatable bonds is 0. The summed E-state index contributed by atoms with van der Waals surface area (Å²) < 4.78 is 0. The fraction of sp³-hybridized carbons (Fsp3) is 0.800. The fourth-order valence-electron chi connectivity index (χ4n) is 1.15. The summed E-state index contributed by atoms with van der Waals surface area (Å²) in [7, 11) is 4.00. The first kappa shape index (κ1) is 54.6. The van der Waals surface area contributed by atoms with Crippen molar-refractivity contribution in [1.82, 2.24) is 10.6 Å². The fourth-order valence-corrected chi connectivity index (χ4v) is 1.15. The molecule has 1 saturated heterocycles. The molecule has 0 saturated carbocycles. The zero-order valence-electron chi connectivity index (χ0n) is 19.4. The Morgan fingerprint density at radius 2 is 1.08 bits per heavy atom. The maximum Gasteiger partial charge on any atom is 1.00 e. The van der Waals surface area contributed by atoms with Crippen LogP contribution in [0.2, 0.25) is 0 Å². The van der Waals surface area contributed by atoms with Gasteiger partial charge in [-0.1, -0.05) is 0 Å². The molecule has 2 aliphatic rings. The van der Waals surface area contributed by atoms with Crippen molar-refractivity contribution in [1.29, 1.82) is 0 Å². The van der Waals surface area contributed by atoms with Crippen LogP contribution in [-0.4, -0.2) is 107 Å². The molecule has 20 N–H and O–H groups in total. The topological polar surface area (TPSA) is 441 Å². The third-order valence-corrected chi connectivity index (χ3v) is 1.78. The molecular formula is C10H36Cu2N14O10.